The van der Waals surface area contributed by atoms with Gasteiger partial charge < -0.3 is 14.8 Å². The topological polar surface area (TPSA) is 79.4 Å². The van der Waals surface area contributed by atoms with Gasteiger partial charge in [0.15, 0.2) is 0 Å². The molecule has 2 aromatic carbocycles. The second kappa shape index (κ2) is 8.05. The lowest BCUT2D eigenvalue weighted by atomic mass is 9.82. The zero-order valence-electron chi connectivity index (χ0n) is 16.8. The first-order chi connectivity index (χ1) is 13.7. The van der Waals surface area contributed by atoms with Crippen LogP contribution in [0.4, 0.5) is 0 Å². The second-order valence-corrected chi connectivity index (χ2v) is 8.00. The van der Waals surface area contributed by atoms with Gasteiger partial charge in [-0.05, 0) is 44.0 Å². The molecule has 0 aliphatic carbocycles. The van der Waals surface area contributed by atoms with Crippen LogP contribution in [0.15, 0.2) is 77.6 Å². The third kappa shape index (κ3) is 4.81. The molecule has 1 aromatic heterocycles. The van der Waals surface area contributed by atoms with Gasteiger partial charge in [-0.1, -0.05) is 60.7 Å². The van der Waals surface area contributed by atoms with Crippen LogP contribution in [0.25, 0.3) is 0 Å². The van der Waals surface area contributed by atoms with Crippen molar-refractivity contribution in [2.45, 2.75) is 38.4 Å². The summed E-state index contributed by atoms with van der Waals surface area (Å²) in [6.07, 6.45) is 0.144. The first-order valence-corrected chi connectivity index (χ1v) is 9.48. The summed E-state index contributed by atoms with van der Waals surface area (Å²) in [6, 6.07) is 21.7. The molecule has 0 amide bonds. The van der Waals surface area contributed by atoms with E-state index in [-0.39, 0.29) is 12.0 Å². The van der Waals surface area contributed by atoms with Crippen molar-refractivity contribution in [1.29, 1.82) is 0 Å². The quantitative estimate of drug-likeness (QED) is 0.648. The van der Waals surface area contributed by atoms with Crippen LogP contribution < -0.4 is 5.56 Å². The van der Waals surface area contributed by atoms with Gasteiger partial charge in [0.25, 0.3) is 5.56 Å². The van der Waals surface area contributed by atoms with Crippen LogP contribution in [0.2, 0.25) is 0 Å². The highest BCUT2D eigenvalue weighted by Crippen LogP contribution is 2.32. The molecule has 0 unspecified atom stereocenters. The summed E-state index contributed by atoms with van der Waals surface area (Å²) >= 11 is 0. The van der Waals surface area contributed by atoms with E-state index in [1.54, 1.807) is 26.8 Å². The minimum Gasteiger partial charge on any atom is -0.456 e. The summed E-state index contributed by atoms with van der Waals surface area (Å²) in [7, 11) is 0. The van der Waals surface area contributed by atoms with E-state index in [1.165, 1.54) is 6.07 Å². The largest absolute Gasteiger partial charge is 0.456 e. The molecule has 150 valence electrons. The van der Waals surface area contributed by atoms with Crippen molar-refractivity contribution in [3.8, 4) is 0 Å². The molecule has 0 bridgehead atoms. The maximum atomic E-state index is 12.5. The molecular weight excluding hydrogens is 366 g/mol. The Morgan fingerprint density at radius 3 is 1.86 bits per heavy atom. The van der Waals surface area contributed by atoms with Gasteiger partial charge >= 0.3 is 5.97 Å². The van der Waals surface area contributed by atoms with Gasteiger partial charge in [-0.2, -0.15) is 0 Å². The lowest BCUT2D eigenvalue weighted by Crippen LogP contribution is -2.32. The van der Waals surface area contributed by atoms with Gasteiger partial charge in [-0.3, -0.25) is 4.79 Å². The van der Waals surface area contributed by atoms with Crippen LogP contribution in [0.5, 0.6) is 0 Å². The van der Waals surface area contributed by atoms with E-state index in [4.69, 9.17) is 4.74 Å². The van der Waals surface area contributed by atoms with Crippen molar-refractivity contribution in [3.05, 3.63) is 106 Å². The number of esters is 1. The van der Waals surface area contributed by atoms with Crippen LogP contribution >= 0.6 is 0 Å². The van der Waals surface area contributed by atoms with E-state index in [2.05, 4.69) is 4.98 Å². The molecule has 29 heavy (non-hydrogen) atoms. The Bertz CT molecular complexity index is 994. The molecule has 2 N–H and O–H groups in total. The molecule has 0 fully saturated rings. The summed E-state index contributed by atoms with van der Waals surface area (Å²) in [5.74, 6) is -0.674. The molecule has 5 nitrogen and oxygen atoms in total. The number of pyridine rings is 1. The summed E-state index contributed by atoms with van der Waals surface area (Å²) in [6.45, 7) is 5.23. The number of hydrogen-bond donors (Lipinski definition) is 2. The maximum absolute atomic E-state index is 12.5. The van der Waals surface area contributed by atoms with Crippen LogP contribution in [-0.4, -0.2) is 21.7 Å². The molecule has 3 aromatic rings. The Hall–Kier alpha value is -3.18. The number of carbonyl (C=O) groups excluding carboxylic acids is 1. The molecule has 1 heterocycles. The molecule has 5 heteroatoms. The number of aromatic amines is 1. The predicted octanol–water partition coefficient (Wildman–Crippen LogP) is 3.81. The number of aliphatic hydroxyl groups is 1. The van der Waals surface area contributed by atoms with Gasteiger partial charge in [-0.15, -0.1) is 0 Å². The summed E-state index contributed by atoms with van der Waals surface area (Å²) in [5, 5.41) is 11.6. The highest BCUT2D eigenvalue weighted by Gasteiger charge is 2.32. The Labute approximate surface area is 170 Å². The van der Waals surface area contributed by atoms with Crippen molar-refractivity contribution in [3.63, 3.8) is 0 Å². The van der Waals surface area contributed by atoms with Gasteiger partial charge in [0.1, 0.15) is 16.8 Å². The lowest BCUT2D eigenvalue weighted by molar-refractivity contribution is 0.00675. The van der Waals surface area contributed by atoms with E-state index in [0.717, 1.165) is 0 Å². The Kier molecular flexibility index (Phi) is 5.71. The van der Waals surface area contributed by atoms with Gasteiger partial charge in [0.05, 0.1) is 0 Å². The van der Waals surface area contributed by atoms with E-state index in [1.807, 2.05) is 60.7 Å². The van der Waals surface area contributed by atoms with E-state index in [0.29, 0.717) is 16.8 Å². The molecule has 0 saturated heterocycles. The Morgan fingerprint density at radius 1 is 0.897 bits per heavy atom. The third-order valence-electron chi connectivity index (χ3n) is 4.54. The van der Waals surface area contributed by atoms with Crippen LogP contribution in [0.1, 0.15) is 48.0 Å². The average molecular weight is 391 g/mol. The normalized spacial score (nSPS) is 11.9. The van der Waals surface area contributed by atoms with Gasteiger partial charge in [-0.25, -0.2) is 4.79 Å². The number of carbonyl (C=O) groups is 1. The van der Waals surface area contributed by atoms with Crippen LogP contribution in [0.3, 0.4) is 0 Å². The van der Waals surface area contributed by atoms with Crippen LogP contribution in [-0.2, 0) is 16.8 Å². The fraction of sp³-hybridized carbons (Fsp3) is 0.250. The van der Waals surface area contributed by atoms with Gasteiger partial charge in [0, 0.05) is 12.1 Å². The molecule has 0 saturated carbocycles. The summed E-state index contributed by atoms with van der Waals surface area (Å²) in [4.78, 5) is 27.4. The average Bonchev–Trinajstić information content (AvgIpc) is 2.68. The molecule has 0 aliphatic heterocycles. The van der Waals surface area contributed by atoms with Crippen molar-refractivity contribution >= 4 is 5.97 Å². The zero-order chi connectivity index (χ0) is 21.1. The van der Waals surface area contributed by atoms with Crippen molar-refractivity contribution < 1.29 is 14.6 Å². The van der Waals surface area contributed by atoms with E-state index >= 15 is 0 Å². The van der Waals surface area contributed by atoms with Gasteiger partial charge in [0.2, 0.25) is 0 Å². The molecule has 0 radical (unpaired) electrons. The number of H-pyrrole nitrogens is 1. The first-order valence-electron chi connectivity index (χ1n) is 9.48. The number of nitrogens with one attached hydrogen (secondary N) is 1. The van der Waals surface area contributed by atoms with Crippen molar-refractivity contribution in [1.82, 2.24) is 4.98 Å². The highest BCUT2D eigenvalue weighted by molar-refractivity contribution is 5.89. The fourth-order valence-corrected chi connectivity index (χ4v) is 3.19. The first kappa shape index (κ1) is 20.6. The third-order valence-corrected chi connectivity index (χ3v) is 4.54. The highest BCUT2D eigenvalue weighted by atomic mass is 16.6. The zero-order valence-corrected chi connectivity index (χ0v) is 16.8. The molecule has 0 spiro atoms. The molecule has 0 aliphatic rings. The molecule has 3 rings (SSSR count). The number of aromatic nitrogens is 1. The van der Waals surface area contributed by atoms with Crippen molar-refractivity contribution in [2.24, 2.45) is 0 Å². The Balaban J connectivity index is 1.96. The second-order valence-electron chi connectivity index (χ2n) is 8.00. The fourth-order valence-electron chi connectivity index (χ4n) is 3.19. The standard InChI is InChI=1S/C24H25NO4/c1-23(2,3)29-22(27)20-15-14-19(25-21(20)26)16-24(28,17-10-6-4-7-11-17)18-12-8-5-9-13-18/h4-15,28H,16H2,1-3H3,(H,25,26). The maximum Gasteiger partial charge on any atom is 0.344 e. The van der Waals surface area contributed by atoms with Crippen molar-refractivity contribution in [2.75, 3.05) is 0 Å². The monoisotopic (exact) mass is 391 g/mol. The van der Waals surface area contributed by atoms with E-state index < -0.39 is 22.7 Å². The Morgan fingerprint density at radius 2 is 1.41 bits per heavy atom. The molecule has 0 atom stereocenters. The molecular formula is C24H25NO4. The lowest BCUT2D eigenvalue weighted by Gasteiger charge is -2.29. The number of hydrogen-bond acceptors (Lipinski definition) is 4. The minimum absolute atomic E-state index is 0.0633. The summed E-state index contributed by atoms with van der Waals surface area (Å²) in [5.41, 5.74) is -0.696. The SMILES string of the molecule is CC(C)(C)OC(=O)c1ccc(CC(O)(c2ccccc2)c2ccccc2)[nH]c1=O. The predicted molar refractivity (Wildman–Crippen MR) is 112 cm³/mol. The number of rotatable bonds is 5. The number of ether oxygens (including phenoxy) is 1. The minimum atomic E-state index is -1.33. The summed E-state index contributed by atoms with van der Waals surface area (Å²) < 4.78 is 5.28. The van der Waals surface area contributed by atoms with Crippen LogP contribution in [0, 0.1) is 0 Å². The number of benzene rings is 2. The van der Waals surface area contributed by atoms with E-state index in [9.17, 15) is 14.7 Å². The smallest absolute Gasteiger partial charge is 0.344 e.